The largest absolute Gasteiger partial charge is 0.377 e. The Morgan fingerprint density at radius 2 is 2.10 bits per heavy atom. The Hall–Kier alpha value is -2.32. The summed E-state index contributed by atoms with van der Waals surface area (Å²) in [4.78, 5) is 11.7. The van der Waals surface area contributed by atoms with Crippen molar-refractivity contribution >= 4 is 21.7 Å². The van der Waals surface area contributed by atoms with Gasteiger partial charge in [0.2, 0.25) is 0 Å². The highest BCUT2D eigenvalue weighted by atomic mass is 32.2. The average molecular weight is 444 g/mol. The van der Waals surface area contributed by atoms with Crippen LogP contribution in [0.3, 0.4) is 0 Å². The van der Waals surface area contributed by atoms with Crippen LogP contribution < -0.4 is 4.90 Å². The Labute approximate surface area is 182 Å². The number of benzene rings is 1. The fourth-order valence-electron chi connectivity index (χ4n) is 4.84. The molecule has 0 saturated carbocycles. The molecular formula is C23H26FN3O3S. The molecule has 2 fully saturated rings. The Balaban J connectivity index is 1.73. The van der Waals surface area contributed by atoms with E-state index in [-0.39, 0.29) is 17.6 Å². The van der Waals surface area contributed by atoms with E-state index in [4.69, 9.17) is 14.7 Å². The second-order valence-corrected chi connectivity index (χ2v) is 11.4. The van der Waals surface area contributed by atoms with Crippen LogP contribution in [0.25, 0.3) is 17.5 Å². The maximum absolute atomic E-state index is 14.4. The quantitative estimate of drug-likeness (QED) is 0.723. The molecule has 164 valence electrons. The lowest BCUT2D eigenvalue weighted by atomic mass is 9.99. The van der Waals surface area contributed by atoms with Gasteiger partial charge in [0.05, 0.1) is 30.7 Å². The van der Waals surface area contributed by atoms with Crippen LogP contribution in [0.4, 0.5) is 10.2 Å². The smallest absolute Gasteiger partial charge is 0.162 e. The standard InChI is InChI=1S/C23H26FN3O3S/c1-15-14-30-9-8-27(15)21-13-20(23(2)7-4-10-31(23,28)29)25-22(26-21)19-12-17(24)11-16-5-3-6-18(16)19/h3,6,11-13,15H,4-5,7-10,14H2,1-2H3/t15-,23?/m1/s1. The number of hydrogen-bond acceptors (Lipinski definition) is 6. The molecule has 0 spiro atoms. The fraction of sp³-hybridized carbons (Fsp3) is 0.478. The molecule has 31 heavy (non-hydrogen) atoms. The highest BCUT2D eigenvalue weighted by Crippen LogP contribution is 2.42. The molecule has 1 unspecified atom stereocenters. The fourth-order valence-corrected chi connectivity index (χ4v) is 6.69. The molecule has 1 aromatic heterocycles. The summed E-state index contributed by atoms with van der Waals surface area (Å²) in [5, 5.41) is 0. The van der Waals surface area contributed by atoms with Crippen molar-refractivity contribution in [3.8, 4) is 11.4 Å². The Kier molecular flexibility index (Phi) is 4.90. The van der Waals surface area contributed by atoms with Gasteiger partial charge in [0, 0.05) is 18.2 Å². The van der Waals surface area contributed by atoms with Crippen LogP contribution >= 0.6 is 0 Å². The molecule has 8 heteroatoms. The summed E-state index contributed by atoms with van der Waals surface area (Å²) in [6.45, 7) is 5.61. The summed E-state index contributed by atoms with van der Waals surface area (Å²) in [5.74, 6) is 0.855. The van der Waals surface area contributed by atoms with Crippen molar-refractivity contribution in [1.82, 2.24) is 9.97 Å². The lowest BCUT2D eigenvalue weighted by Gasteiger charge is -2.35. The van der Waals surface area contributed by atoms with Crippen LogP contribution in [0.15, 0.2) is 24.3 Å². The van der Waals surface area contributed by atoms with Gasteiger partial charge in [-0.15, -0.1) is 0 Å². The van der Waals surface area contributed by atoms with Gasteiger partial charge in [0.1, 0.15) is 16.4 Å². The summed E-state index contributed by atoms with van der Waals surface area (Å²) in [5.41, 5.74) is 2.89. The molecule has 2 saturated heterocycles. The molecular weight excluding hydrogens is 417 g/mol. The summed E-state index contributed by atoms with van der Waals surface area (Å²) >= 11 is 0. The minimum absolute atomic E-state index is 0.0930. The molecule has 5 rings (SSSR count). The maximum Gasteiger partial charge on any atom is 0.162 e. The van der Waals surface area contributed by atoms with E-state index in [1.54, 1.807) is 6.92 Å². The predicted octanol–water partition coefficient (Wildman–Crippen LogP) is 3.50. The van der Waals surface area contributed by atoms with Gasteiger partial charge in [-0.25, -0.2) is 22.8 Å². The molecule has 0 bridgehead atoms. The van der Waals surface area contributed by atoms with Crippen molar-refractivity contribution in [2.24, 2.45) is 0 Å². The molecule has 2 atom stereocenters. The second-order valence-electron chi connectivity index (χ2n) is 8.84. The molecule has 0 radical (unpaired) electrons. The first-order valence-electron chi connectivity index (χ1n) is 10.7. The van der Waals surface area contributed by atoms with E-state index in [1.807, 2.05) is 18.2 Å². The van der Waals surface area contributed by atoms with Gasteiger partial charge in [-0.05, 0) is 56.4 Å². The number of sulfone groups is 1. The first kappa shape index (κ1) is 20.6. The number of aromatic nitrogens is 2. The van der Waals surface area contributed by atoms with Gasteiger partial charge in [-0.2, -0.15) is 0 Å². The van der Waals surface area contributed by atoms with Crippen molar-refractivity contribution in [1.29, 1.82) is 0 Å². The zero-order valence-corrected chi connectivity index (χ0v) is 18.6. The number of anilines is 1. The number of rotatable bonds is 3. The zero-order valence-electron chi connectivity index (χ0n) is 17.8. The number of halogens is 1. The van der Waals surface area contributed by atoms with E-state index < -0.39 is 14.6 Å². The number of ether oxygens (including phenoxy) is 1. The summed E-state index contributed by atoms with van der Waals surface area (Å²) in [6.07, 6.45) is 5.75. The van der Waals surface area contributed by atoms with Gasteiger partial charge in [-0.1, -0.05) is 12.2 Å². The van der Waals surface area contributed by atoms with Gasteiger partial charge in [0.15, 0.2) is 15.7 Å². The van der Waals surface area contributed by atoms with Gasteiger partial charge >= 0.3 is 0 Å². The summed E-state index contributed by atoms with van der Waals surface area (Å²) in [7, 11) is -3.34. The molecule has 2 aromatic rings. The number of nitrogens with zero attached hydrogens (tertiary/aromatic N) is 3. The maximum atomic E-state index is 14.4. The second kappa shape index (κ2) is 7.38. The van der Waals surface area contributed by atoms with E-state index in [0.29, 0.717) is 61.9 Å². The van der Waals surface area contributed by atoms with Crippen molar-refractivity contribution in [2.75, 3.05) is 30.4 Å². The first-order valence-corrected chi connectivity index (χ1v) is 12.4. The SMILES string of the molecule is C[C@@H]1COCCN1c1cc(C2(C)CCCS2(=O)=O)nc(-c2cc(F)cc3c2C=CC3)n1. The molecule has 2 aliphatic heterocycles. The van der Waals surface area contributed by atoms with Crippen molar-refractivity contribution in [3.05, 3.63) is 46.9 Å². The number of morpholine rings is 1. The summed E-state index contributed by atoms with van der Waals surface area (Å²) < 4.78 is 44.8. The highest BCUT2D eigenvalue weighted by Gasteiger charge is 2.47. The lowest BCUT2D eigenvalue weighted by molar-refractivity contribution is 0.0985. The highest BCUT2D eigenvalue weighted by molar-refractivity contribution is 7.92. The van der Waals surface area contributed by atoms with Crippen molar-refractivity contribution < 1.29 is 17.5 Å². The average Bonchev–Trinajstić information content (AvgIpc) is 3.31. The molecule has 0 N–H and O–H groups in total. The van der Waals surface area contributed by atoms with Crippen molar-refractivity contribution in [3.63, 3.8) is 0 Å². The molecule has 6 nitrogen and oxygen atoms in total. The van der Waals surface area contributed by atoms with Crippen LogP contribution in [-0.2, 0) is 25.7 Å². The third-order valence-electron chi connectivity index (χ3n) is 6.76. The Bertz CT molecular complexity index is 1180. The van der Waals surface area contributed by atoms with Crippen LogP contribution in [0.5, 0.6) is 0 Å². The van der Waals surface area contributed by atoms with Crippen molar-refractivity contribution in [2.45, 2.75) is 43.9 Å². The molecule has 1 aliphatic carbocycles. The predicted molar refractivity (Wildman–Crippen MR) is 118 cm³/mol. The minimum Gasteiger partial charge on any atom is -0.377 e. The molecule has 1 aromatic carbocycles. The van der Waals surface area contributed by atoms with E-state index >= 15 is 0 Å². The van der Waals surface area contributed by atoms with Crippen LogP contribution in [-0.4, -0.2) is 49.9 Å². The monoisotopic (exact) mass is 443 g/mol. The normalized spacial score (nSPS) is 26.9. The van der Waals surface area contributed by atoms with Gasteiger partial charge < -0.3 is 9.64 Å². The van der Waals surface area contributed by atoms with Gasteiger partial charge in [-0.3, -0.25) is 0 Å². The van der Waals surface area contributed by atoms with E-state index in [0.717, 1.165) is 11.1 Å². The van der Waals surface area contributed by atoms with Gasteiger partial charge in [0.25, 0.3) is 0 Å². The van der Waals surface area contributed by atoms with Crippen LogP contribution in [0.2, 0.25) is 0 Å². The Morgan fingerprint density at radius 1 is 1.26 bits per heavy atom. The van der Waals surface area contributed by atoms with Crippen LogP contribution in [0, 0.1) is 5.82 Å². The summed E-state index contributed by atoms with van der Waals surface area (Å²) in [6, 6.07) is 4.89. The Morgan fingerprint density at radius 3 is 2.84 bits per heavy atom. The number of fused-ring (bicyclic) bond motifs is 1. The zero-order chi connectivity index (χ0) is 21.8. The van der Waals surface area contributed by atoms with E-state index in [1.165, 1.54) is 12.1 Å². The molecule has 3 aliphatic rings. The third-order valence-corrected chi connectivity index (χ3v) is 9.38. The third kappa shape index (κ3) is 3.36. The first-order chi connectivity index (χ1) is 14.8. The molecule has 3 heterocycles. The number of hydrogen-bond donors (Lipinski definition) is 0. The molecule has 0 amide bonds. The van der Waals surface area contributed by atoms with E-state index in [9.17, 15) is 12.8 Å². The topological polar surface area (TPSA) is 72.4 Å². The minimum atomic E-state index is -3.34. The lowest BCUT2D eigenvalue weighted by Crippen LogP contribution is -2.44. The number of allylic oxidation sites excluding steroid dienone is 1. The van der Waals surface area contributed by atoms with Crippen LogP contribution in [0.1, 0.15) is 43.5 Å². The van der Waals surface area contributed by atoms with E-state index in [2.05, 4.69) is 11.8 Å².